The number of nitriles is 1. The molecule has 0 bridgehead atoms. The predicted molar refractivity (Wildman–Crippen MR) is 53.5 cm³/mol. The van der Waals surface area contributed by atoms with Gasteiger partial charge in [-0.1, -0.05) is 13.8 Å². The molecule has 1 saturated carbocycles. The molecule has 2 fully saturated rings. The molecule has 1 heterocycles. The van der Waals surface area contributed by atoms with Gasteiger partial charge in [0.2, 0.25) is 0 Å². The minimum Gasteiger partial charge on any atom is -0.390 e. The Bertz CT molecular complexity index is 255. The van der Waals surface area contributed by atoms with Gasteiger partial charge < -0.3 is 5.11 Å². The first-order valence-electron chi connectivity index (χ1n) is 5.48. The lowest BCUT2D eigenvalue weighted by Crippen LogP contribution is -2.40. The second-order valence-electron chi connectivity index (χ2n) is 4.89. The molecule has 0 spiro atoms. The third kappa shape index (κ3) is 1.53. The molecule has 2 aliphatic rings. The lowest BCUT2D eigenvalue weighted by Gasteiger charge is -2.29. The maximum absolute atomic E-state index is 10.0. The number of likely N-dealkylation sites (tertiary alicyclic amines) is 1. The van der Waals surface area contributed by atoms with Crippen LogP contribution in [-0.4, -0.2) is 34.7 Å². The smallest absolute Gasteiger partial charge is 0.0868 e. The predicted octanol–water partition coefficient (Wildman–Crippen LogP) is 0.990. The molecule has 78 valence electrons. The van der Waals surface area contributed by atoms with Crippen molar-refractivity contribution in [2.24, 2.45) is 11.8 Å². The van der Waals surface area contributed by atoms with Crippen LogP contribution in [0.25, 0.3) is 0 Å². The molecule has 2 rings (SSSR count). The summed E-state index contributed by atoms with van der Waals surface area (Å²) in [7, 11) is 0. The van der Waals surface area contributed by atoms with E-state index >= 15 is 0 Å². The quantitative estimate of drug-likeness (QED) is 0.713. The van der Waals surface area contributed by atoms with Gasteiger partial charge in [-0.3, -0.25) is 4.90 Å². The number of aliphatic hydroxyl groups is 1. The number of nitrogens with zero attached hydrogens (tertiary/aromatic N) is 2. The average molecular weight is 194 g/mol. The van der Waals surface area contributed by atoms with E-state index in [1.165, 1.54) is 12.8 Å². The average Bonchev–Trinajstić information content (AvgIpc) is 2.90. The number of rotatable bonds is 2. The van der Waals surface area contributed by atoms with Crippen LogP contribution in [0.4, 0.5) is 0 Å². The standard InChI is InChI=1S/C11H18N2O/c1-7(2)10-11(14)8(5-12)6-13(10)9-3-4-9/h7-11,14H,3-4,6H2,1-2H3. The van der Waals surface area contributed by atoms with Crippen molar-refractivity contribution in [3.05, 3.63) is 0 Å². The molecule has 3 heteroatoms. The first kappa shape index (κ1) is 9.95. The number of aliphatic hydroxyl groups excluding tert-OH is 1. The van der Waals surface area contributed by atoms with Gasteiger partial charge in [0.05, 0.1) is 18.1 Å². The Morgan fingerprint density at radius 2 is 2.07 bits per heavy atom. The Morgan fingerprint density at radius 1 is 1.43 bits per heavy atom. The molecular formula is C11H18N2O. The lowest BCUT2D eigenvalue weighted by molar-refractivity contribution is 0.0753. The van der Waals surface area contributed by atoms with Crippen molar-refractivity contribution >= 4 is 0 Å². The van der Waals surface area contributed by atoms with E-state index in [-0.39, 0.29) is 12.0 Å². The zero-order valence-corrected chi connectivity index (χ0v) is 8.85. The Labute approximate surface area is 85.3 Å². The van der Waals surface area contributed by atoms with Gasteiger partial charge in [0.15, 0.2) is 0 Å². The minimum absolute atomic E-state index is 0.178. The van der Waals surface area contributed by atoms with Gasteiger partial charge in [-0.25, -0.2) is 0 Å². The van der Waals surface area contributed by atoms with Crippen molar-refractivity contribution in [1.82, 2.24) is 4.90 Å². The van der Waals surface area contributed by atoms with Crippen LogP contribution >= 0.6 is 0 Å². The van der Waals surface area contributed by atoms with Gasteiger partial charge in [0.1, 0.15) is 0 Å². The Hall–Kier alpha value is -0.590. The fourth-order valence-corrected chi connectivity index (χ4v) is 2.58. The third-order valence-electron chi connectivity index (χ3n) is 3.42. The summed E-state index contributed by atoms with van der Waals surface area (Å²) in [5.74, 6) is 0.256. The van der Waals surface area contributed by atoms with Gasteiger partial charge in [-0.2, -0.15) is 5.26 Å². The van der Waals surface area contributed by atoms with Crippen LogP contribution in [0, 0.1) is 23.2 Å². The van der Waals surface area contributed by atoms with E-state index in [4.69, 9.17) is 5.26 Å². The fourth-order valence-electron chi connectivity index (χ4n) is 2.58. The van der Waals surface area contributed by atoms with Gasteiger partial charge in [-0.15, -0.1) is 0 Å². The Balaban J connectivity index is 2.13. The zero-order valence-electron chi connectivity index (χ0n) is 8.85. The molecule has 1 N–H and O–H groups in total. The first-order valence-corrected chi connectivity index (χ1v) is 5.48. The van der Waals surface area contributed by atoms with E-state index in [9.17, 15) is 5.11 Å². The minimum atomic E-state index is -0.444. The molecule has 0 amide bonds. The molecule has 3 atom stereocenters. The van der Waals surface area contributed by atoms with Crippen molar-refractivity contribution in [2.75, 3.05) is 6.54 Å². The number of hydrogen-bond acceptors (Lipinski definition) is 3. The third-order valence-corrected chi connectivity index (χ3v) is 3.42. The van der Waals surface area contributed by atoms with E-state index < -0.39 is 6.10 Å². The van der Waals surface area contributed by atoms with Crippen molar-refractivity contribution < 1.29 is 5.11 Å². The summed E-state index contributed by atoms with van der Waals surface area (Å²) < 4.78 is 0. The van der Waals surface area contributed by atoms with Gasteiger partial charge in [-0.05, 0) is 18.8 Å². The highest BCUT2D eigenvalue weighted by Crippen LogP contribution is 2.38. The topological polar surface area (TPSA) is 47.3 Å². The van der Waals surface area contributed by atoms with Crippen molar-refractivity contribution in [1.29, 1.82) is 5.26 Å². The van der Waals surface area contributed by atoms with Gasteiger partial charge in [0, 0.05) is 18.6 Å². The summed E-state index contributed by atoms with van der Waals surface area (Å²) in [6.45, 7) is 5.03. The lowest BCUT2D eigenvalue weighted by atomic mass is 9.95. The molecular weight excluding hydrogens is 176 g/mol. The van der Waals surface area contributed by atoms with Gasteiger partial charge >= 0.3 is 0 Å². The molecule has 3 unspecified atom stereocenters. The van der Waals surface area contributed by atoms with E-state index in [0.717, 1.165) is 6.54 Å². The maximum atomic E-state index is 10.0. The monoisotopic (exact) mass is 194 g/mol. The van der Waals surface area contributed by atoms with Crippen LogP contribution in [0.1, 0.15) is 26.7 Å². The summed E-state index contributed by atoms with van der Waals surface area (Å²) in [5, 5.41) is 18.9. The molecule has 0 aromatic rings. The van der Waals surface area contributed by atoms with Gasteiger partial charge in [0.25, 0.3) is 0 Å². The summed E-state index contributed by atoms with van der Waals surface area (Å²) in [6, 6.07) is 3.07. The molecule has 1 aliphatic heterocycles. The first-order chi connectivity index (χ1) is 6.65. The second-order valence-corrected chi connectivity index (χ2v) is 4.89. The molecule has 1 aliphatic carbocycles. The van der Waals surface area contributed by atoms with Crippen molar-refractivity contribution in [2.45, 2.75) is 44.9 Å². The van der Waals surface area contributed by atoms with Crippen molar-refractivity contribution in [3.8, 4) is 6.07 Å². The highest BCUT2D eigenvalue weighted by atomic mass is 16.3. The zero-order chi connectivity index (χ0) is 10.3. The summed E-state index contributed by atoms with van der Waals surface area (Å²) >= 11 is 0. The van der Waals surface area contributed by atoms with E-state index in [2.05, 4.69) is 24.8 Å². The van der Waals surface area contributed by atoms with Crippen LogP contribution in [-0.2, 0) is 0 Å². The molecule has 3 nitrogen and oxygen atoms in total. The number of hydrogen-bond donors (Lipinski definition) is 1. The Kier molecular flexibility index (Phi) is 2.50. The molecule has 0 radical (unpaired) electrons. The van der Waals surface area contributed by atoms with Crippen LogP contribution < -0.4 is 0 Å². The van der Waals surface area contributed by atoms with E-state index in [0.29, 0.717) is 12.0 Å². The largest absolute Gasteiger partial charge is 0.390 e. The van der Waals surface area contributed by atoms with Crippen LogP contribution in [0.2, 0.25) is 0 Å². The summed E-state index contributed by atoms with van der Waals surface area (Å²) in [5.41, 5.74) is 0. The van der Waals surface area contributed by atoms with Crippen LogP contribution in [0.5, 0.6) is 0 Å². The molecule has 0 aromatic carbocycles. The summed E-state index contributed by atoms with van der Waals surface area (Å²) in [4.78, 5) is 2.35. The van der Waals surface area contributed by atoms with Crippen LogP contribution in [0.15, 0.2) is 0 Å². The fraction of sp³-hybridized carbons (Fsp3) is 0.909. The maximum Gasteiger partial charge on any atom is 0.0868 e. The van der Waals surface area contributed by atoms with Crippen molar-refractivity contribution in [3.63, 3.8) is 0 Å². The highest BCUT2D eigenvalue weighted by molar-refractivity contribution is 5.07. The highest BCUT2D eigenvalue weighted by Gasteiger charge is 2.47. The summed E-state index contributed by atoms with van der Waals surface area (Å²) in [6.07, 6.45) is 2.04. The SMILES string of the molecule is CC(C)C1C(O)C(C#N)CN1C1CC1. The second kappa shape index (κ2) is 3.52. The van der Waals surface area contributed by atoms with E-state index in [1.54, 1.807) is 0 Å². The van der Waals surface area contributed by atoms with Crippen LogP contribution in [0.3, 0.4) is 0 Å². The normalized spacial score (nSPS) is 38.9. The van der Waals surface area contributed by atoms with E-state index in [1.807, 2.05) is 0 Å². The molecule has 1 saturated heterocycles. The Morgan fingerprint density at radius 3 is 2.50 bits per heavy atom. The molecule has 14 heavy (non-hydrogen) atoms. The molecule has 0 aromatic heterocycles.